The Labute approximate surface area is 112 Å². The van der Waals surface area contributed by atoms with Gasteiger partial charge in [-0.3, -0.25) is 0 Å². The maximum atomic E-state index is 13.3. The summed E-state index contributed by atoms with van der Waals surface area (Å²) in [5, 5.41) is 2.08. The normalized spacial score (nSPS) is 11.2. The second kappa shape index (κ2) is 4.26. The fourth-order valence-electron chi connectivity index (χ4n) is 1.86. The molecule has 0 aliphatic heterocycles. The van der Waals surface area contributed by atoms with E-state index >= 15 is 0 Å². The molecule has 0 aliphatic rings. The van der Waals surface area contributed by atoms with E-state index in [4.69, 9.17) is 17.3 Å². The highest BCUT2D eigenvalue weighted by atomic mass is 35.5. The number of anilines is 1. The third kappa shape index (κ3) is 1.85. The number of halogens is 2. The molecule has 3 rings (SSSR count). The minimum atomic E-state index is -0.482. The van der Waals surface area contributed by atoms with Gasteiger partial charge in [0.05, 0.1) is 22.6 Å². The van der Waals surface area contributed by atoms with Crippen molar-refractivity contribution in [2.75, 3.05) is 5.73 Å². The summed E-state index contributed by atoms with van der Waals surface area (Å²) in [6.45, 7) is 0.613. The van der Waals surface area contributed by atoms with Gasteiger partial charge in [0.15, 0.2) is 0 Å². The number of nitrogens with zero attached hydrogens (tertiary/aromatic N) is 2. The van der Waals surface area contributed by atoms with Gasteiger partial charge in [0.2, 0.25) is 5.95 Å². The van der Waals surface area contributed by atoms with Gasteiger partial charge >= 0.3 is 0 Å². The van der Waals surface area contributed by atoms with Crippen LogP contribution in [-0.2, 0) is 6.54 Å². The number of hydrogen-bond acceptors (Lipinski definition) is 3. The number of fused-ring (bicyclic) bond motifs is 1. The molecule has 2 N–H and O–H groups in total. The van der Waals surface area contributed by atoms with E-state index in [9.17, 15) is 4.39 Å². The highest BCUT2D eigenvalue weighted by molar-refractivity contribution is 7.09. The van der Waals surface area contributed by atoms with Crippen LogP contribution >= 0.6 is 22.9 Å². The first-order valence-electron chi connectivity index (χ1n) is 5.28. The van der Waals surface area contributed by atoms with Gasteiger partial charge in [-0.25, -0.2) is 9.37 Å². The summed E-state index contributed by atoms with van der Waals surface area (Å²) >= 11 is 7.43. The van der Waals surface area contributed by atoms with E-state index in [0.29, 0.717) is 18.0 Å². The molecule has 3 nitrogen and oxygen atoms in total. The molecule has 0 amide bonds. The highest BCUT2D eigenvalue weighted by Crippen LogP contribution is 2.26. The molecule has 0 atom stereocenters. The monoisotopic (exact) mass is 281 g/mol. The molecule has 0 fully saturated rings. The van der Waals surface area contributed by atoms with Gasteiger partial charge < -0.3 is 10.3 Å². The minimum absolute atomic E-state index is 0.0785. The lowest BCUT2D eigenvalue weighted by molar-refractivity contribution is 0.629. The third-order valence-electron chi connectivity index (χ3n) is 2.71. The zero-order chi connectivity index (χ0) is 12.7. The van der Waals surface area contributed by atoms with Crippen LogP contribution in [0.1, 0.15) is 4.88 Å². The molecule has 2 heterocycles. The van der Waals surface area contributed by atoms with Crippen LogP contribution < -0.4 is 5.73 Å². The van der Waals surface area contributed by atoms with Crippen LogP contribution in [0.15, 0.2) is 29.6 Å². The second-order valence-corrected chi connectivity index (χ2v) is 5.33. The summed E-state index contributed by atoms with van der Waals surface area (Å²) in [5.74, 6) is -0.120. The molecule has 2 aromatic heterocycles. The van der Waals surface area contributed by atoms with E-state index in [-0.39, 0.29) is 5.02 Å². The van der Waals surface area contributed by atoms with Crippen LogP contribution in [0.5, 0.6) is 0 Å². The minimum Gasteiger partial charge on any atom is -0.369 e. The summed E-state index contributed by atoms with van der Waals surface area (Å²) in [6.07, 6.45) is 0. The molecule has 3 aromatic rings. The largest absolute Gasteiger partial charge is 0.369 e. The van der Waals surface area contributed by atoms with E-state index in [1.165, 1.54) is 6.07 Å². The standard InChI is InChI=1S/C12H9ClFN3S/c13-8-4-11-10(5-9(8)14)16-12(15)17(11)6-7-2-1-3-18-7/h1-5H,6H2,(H2,15,16). The number of benzene rings is 1. The van der Waals surface area contributed by atoms with Gasteiger partial charge in [-0.2, -0.15) is 0 Å². The smallest absolute Gasteiger partial charge is 0.201 e. The Hall–Kier alpha value is -1.59. The van der Waals surface area contributed by atoms with Crippen molar-refractivity contribution in [2.45, 2.75) is 6.54 Å². The number of imidazole rings is 1. The van der Waals surface area contributed by atoms with Crippen LogP contribution in [-0.4, -0.2) is 9.55 Å². The Bertz CT molecular complexity index is 706. The average Bonchev–Trinajstić information content (AvgIpc) is 2.92. The van der Waals surface area contributed by atoms with Crippen molar-refractivity contribution in [3.05, 3.63) is 45.4 Å². The van der Waals surface area contributed by atoms with E-state index in [2.05, 4.69) is 4.98 Å². The Kier molecular flexibility index (Phi) is 2.72. The molecule has 18 heavy (non-hydrogen) atoms. The molecule has 1 aromatic carbocycles. The van der Waals surface area contributed by atoms with Crippen LogP contribution in [0, 0.1) is 5.82 Å². The van der Waals surface area contributed by atoms with Gasteiger partial charge in [-0.05, 0) is 17.5 Å². The lowest BCUT2D eigenvalue weighted by atomic mass is 10.3. The third-order valence-corrected chi connectivity index (χ3v) is 3.86. The Morgan fingerprint density at radius 3 is 3.00 bits per heavy atom. The fraction of sp³-hybridized carbons (Fsp3) is 0.0833. The second-order valence-electron chi connectivity index (χ2n) is 3.89. The molecular formula is C12H9ClFN3S. The first kappa shape index (κ1) is 11.5. The maximum Gasteiger partial charge on any atom is 0.201 e. The molecule has 0 radical (unpaired) electrons. The topological polar surface area (TPSA) is 43.8 Å². The number of aromatic nitrogens is 2. The number of thiophene rings is 1. The highest BCUT2D eigenvalue weighted by Gasteiger charge is 2.12. The number of nitrogen functional groups attached to an aromatic ring is 1. The van der Waals surface area contributed by atoms with E-state index in [0.717, 1.165) is 10.4 Å². The van der Waals surface area contributed by atoms with Crippen LogP contribution in [0.4, 0.5) is 10.3 Å². The molecule has 0 aliphatic carbocycles. The first-order valence-corrected chi connectivity index (χ1v) is 6.54. The first-order chi connectivity index (χ1) is 8.65. The molecule has 0 saturated heterocycles. The summed E-state index contributed by atoms with van der Waals surface area (Å²) < 4.78 is 15.2. The quantitative estimate of drug-likeness (QED) is 0.781. The van der Waals surface area contributed by atoms with Crippen molar-refractivity contribution in [3.63, 3.8) is 0 Å². The predicted molar refractivity (Wildman–Crippen MR) is 72.5 cm³/mol. The van der Waals surface area contributed by atoms with E-state index < -0.39 is 5.82 Å². The van der Waals surface area contributed by atoms with Gasteiger partial charge in [0.25, 0.3) is 0 Å². The van der Waals surface area contributed by atoms with Gasteiger partial charge in [-0.15, -0.1) is 11.3 Å². The average molecular weight is 282 g/mol. The summed E-state index contributed by atoms with van der Waals surface area (Å²) in [6, 6.07) is 6.85. The van der Waals surface area contributed by atoms with Crippen molar-refractivity contribution >= 4 is 39.9 Å². The molecule has 0 bridgehead atoms. The predicted octanol–water partition coefficient (Wildman–Crippen LogP) is 3.52. The van der Waals surface area contributed by atoms with Crippen LogP contribution in [0.3, 0.4) is 0 Å². The number of nitrogens with two attached hydrogens (primary N) is 1. The van der Waals surface area contributed by atoms with Crippen LogP contribution in [0.25, 0.3) is 11.0 Å². The summed E-state index contributed by atoms with van der Waals surface area (Å²) in [4.78, 5) is 5.30. The fourth-order valence-corrected chi connectivity index (χ4v) is 2.71. The van der Waals surface area contributed by atoms with Crippen molar-refractivity contribution < 1.29 is 4.39 Å². The lowest BCUT2D eigenvalue weighted by Crippen LogP contribution is -2.03. The maximum absolute atomic E-state index is 13.3. The molecule has 0 spiro atoms. The molecule has 6 heteroatoms. The van der Waals surface area contributed by atoms with E-state index in [1.54, 1.807) is 17.4 Å². The molecule has 92 valence electrons. The van der Waals surface area contributed by atoms with Gasteiger partial charge in [-0.1, -0.05) is 17.7 Å². The molecule has 0 unspecified atom stereocenters. The zero-order valence-corrected chi connectivity index (χ0v) is 10.8. The van der Waals surface area contributed by atoms with Crippen molar-refractivity contribution in [2.24, 2.45) is 0 Å². The summed E-state index contributed by atoms with van der Waals surface area (Å²) in [5.41, 5.74) is 7.12. The Morgan fingerprint density at radius 1 is 1.44 bits per heavy atom. The zero-order valence-electron chi connectivity index (χ0n) is 9.23. The SMILES string of the molecule is Nc1nc2cc(F)c(Cl)cc2n1Cc1cccs1. The van der Waals surface area contributed by atoms with Crippen molar-refractivity contribution in [1.29, 1.82) is 0 Å². The van der Waals surface area contributed by atoms with Crippen molar-refractivity contribution in [1.82, 2.24) is 9.55 Å². The number of hydrogen-bond donors (Lipinski definition) is 1. The van der Waals surface area contributed by atoms with Gasteiger partial charge in [0, 0.05) is 10.9 Å². The molecular weight excluding hydrogens is 273 g/mol. The van der Waals surface area contributed by atoms with Gasteiger partial charge in [0.1, 0.15) is 5.82 Å². The Balaban J connectivity index is 2.16. The van der Waals surface area contributed by atoms with E-state index in [1.807, 2.05) is 22.1 Å². The number of rotatable bonds is 2. The summed E-state index contributed by atoms with van der Waals surface area (Å²) in [7, 11) is 0. The lowest BCUT2D eigenvalue weighted by Gasteiger charge is -2.04. The Morgan fingerprint density at radius 2 is 2.28 bits per heavy atom. The molecule has 0 saturated carbocycles. The van der Waals surface area contributed by atoms with Crippen molar-refractivity contribution in [3.8, 4) is 0 Å². The van der Waals surface area contributed by atoms with Crippen LogP contribution in [0.2, 0.25) is 5.02 Å².